The Kier molecular flexibility index (Phi) is 3.46. The van der Waals surface area contributed by atoms with Crippen LogP contribution in [0.3, 0.4) is 0 Å². The fourth-order valence-corrected chi connectivity index (χ4v) is 3.72. The quantitative estimate of drug-likeness (QED) is 0.864. The Hall–Kier alpha value is -1.50. The van der Waals surface area contributed by atoms with Crippen molar-refractivity contribution in [1.82, 2.24) is 0 Å². The highest BCUT2D eigenvalue weighted by molar-refractivity contribution is 7.10. The summed E-state index contributed by atoms with van der Waals surface area (Å²) in [6.07, 6.45) is 3.46. The highest BCUT2D eigenvalue weighted by Crippen LogP contribution is 2.36. The average Bonchev–Trinajstić information content (AvgIpc) is 2.88. The molecule has 1 aromatic carbocycles. The number of thiophene rings is 1. The summed E-state index contributed by atoms with van der Waals surface area (Å²) in [5, 5.41) is 15.4. The lowest BCUT2D eigenvalue weighted by Gasteiger charge is -2.25. The van der Waals surface area contributed by atoms with Gasteiger partial charge in [0.2, 0.25) is 0 Å². The fourth-order valence-electron chi connectivity index (χ4n) is 2.56. The van der Waals surface area contributed by atoms with Crippen LogP contribution in [0.1, 0.15) is 34.9 Å². The number of anilines is 1. The molecule has 0 amide bonds. The third-order valence-corrected chi connectivity index (χ3v) is 4.72. The zero-order valence-electron chi connectivity index (χ0n) is 10.3. The largest absolute Gasteiger partial charge is 0.377 e. The second kappa shape index (κ2) is 5.24. The smallest absolute Gasteiger partial charge is 0.101 e. The van der Waals surface area contributed by atoms with Crippen molar-refractivity contribution in [3.05, 3.63) is 50.7 Å². The molecule has 1 aliphatic rings. The summed E-state index contributed by atoms with van der Waals surface area (Å²) in [5.74, 6) is 0. The SMILES string of the molecule is N#Cc1ccc(Cl)cc1NC1CCCc2sccc21. The molecule has 2 nitrogen and oxygen atoms in total. The molecule has 2 aromatic rings. The van der Waals surface area contributed by atoms with Crippen LogP contribution in [0.2, 0.25) is 5.02 Å². The molecule has 0 saturated carbocycles. The zero-order valence-corrected chi connectivity index (χ0v) is 11.9. The normalized spacial score (nSPS) is 17.6. The van der Waals surface area contributed by atoms with Crippen LogP contribution in [0.4, 0.5) is 5.69 Å². The summed E-state index contributed by atoms with van der Waals surface area (Å²) < 4.78 is 0. The van der Waals surface area contributed by atoms with Crippen LogP contribution >= 0.6 is 22.9 Å². The lowest BCUT2D eigenvalue weighted by Crippen LogP contribution is -2.16. The molecule has 0 radical (unpaired) electrons. The van der Waals surface area contributed by atoms with Gasteiger partial charge in [-0.25, -0.2) is 0 Å². The van der Waals surface area contributed by atoms with E-state index in [9.17, 15) is 0 Å². The first kappa shape index (κ1) is 12.5. The second-order valence-electron chi connectivity index (χ2n) is 4.69. The Balaban J connectivity index is 1.92. The predicted molar refractivity (Wildman–Crippen MR) is 79.8 cm³/mol. The summed E-state index contributed by atoms with van der Waals surface area (Å²) >= 11 is 7.84. The first-order chi connectivity index (χ1) is 9.28. The van der Waals surface area contributed by atoms with E-state index in [-0.39, 0.29) is 0 Å². The molecule has 1 aromatic heterocycles. The molecule has 96 valence electrons. The Bertz CT molecular complexity index is 642. The fraction of sp³-hybridized carbons (Fsp3) is 0.267. The first-order valence-corrected chi connectivity index (χ1v) is 7.56. The maximum Gasteiger partial charge on any atom is 0.101 e. The van der Waals surface area contributed by atoms with Gasteiger partial charge in [0.25, 0.3) is 0 Å². The maximum absolute atomic E-state index is 9.16. The minimum atomic E-state index is 0.292. The van der Waals surface area contributed by atoms with Crippen molar-refractivity contribution < 1.29 is 0 Å². The molecule has 0 aliphatic heterocycles. The lowest BCUT2D eigenvalue weighted by molar-refractivity contribution is 0.609. The van der Waals surface area contributed by atoms with Crippen LogP contribution in [0, 0.1) is 11.3 Å². The molecule has 4 heteroatoms. The summed E-state index contributed by atoms with van der Waals surface area (Å²) in [6.45, 7) is 0. The summed E-state index contributed by atoms with van der Waals surface area (Å²) in [4.78, 5) is 1.46. The monoisotopic (exact) mass is 288 g/mol. The molecule has 0 fully saturated rings. The Labute approximate surface area is 121 Å². The van der Waals surface area contributed by atoms with E-state index in [0.29, 0.717) is 16.6 Å². The molecule has 1 heterocycles. The molecule has 0 spiro atoms. The van der Waals surface area contributed by atoms with Gasteiger partial charge in [-0.05, 0) is 54.5 Å². The predicted octanol–water partition coefficient (Wildman–Crippen LogP) is 4.76. The van der Waals surface area contributed by atoms with Crippen LogP contribution in [-0.4, -0.2) is 0 Å². The molecule has 0 saturated heterocycles. The van der Waals surface area contributed by atoms with Crippen LogP contribution in [0.5, 0.6) is 0 Å². The minimum absolute atomic E-state index is 0.292. The summed E-state index contributed by atoms with van der Waals surface area (Å²) in [5.41, 5.74) is 2.85. The number of aryl methyl sites for hydroxylation is 1. The van der Waals surface area contributed by atoms with Gasteiger partial charge in [-0.3, -0.25) is 0 Å². The summed E-state index contributed by atoms with van der Waals surface area (Å²) in [7, 11) is 0. The molecular weight excluding hydrogens is 276 g/mol. The average molecular weight is 289 g/mol. The number of nitrogens with one attached hydrogen (secondary N) is 1. The number of nitriles is 1. The van der Waals surface area contributed by atoms with Crippen molar-refractivity contribution >= 4 is 28.6 Å². The van der Waals surface area contributed by atoms with Crippen molar-refractivity contribution in [1.29, 1.82) is 5.26 Å². The number of rotatable bonds is 2. The van der Waals surface area contributed by atoms with Crippen LogP contribution < -0.4 is 5.32 Å². The van der Waals surface area contributed by atoms with Gasteiger partial charge in [0, 0.05) is 9.90 Å². The van der Waals surface area contributed by atoms with Gasteiger partial charge in [0.05, 0.1) is 17.3 Å². The van der Waals surface area contributed by atoms with E-state index in [1.165, 1.54) is 23.3 Å². The number of hydrogen-bond acceptors (Lipinski definition) is 3. The van der Waals surface area contributed by atoms with Gasteiger partial charge in [0.15, 0.2) is 0 Å². The van der Waals surface area contributed by atoms with Crippen molar-refractivity contribution in [2.45, 2.75) is 25.3 Å². The number of benzene rings is 1. The van der Waals surface area contributed by atoms with Gasteiger partial charge >= 0.3 is 0 Å². The van der Waals surface area contributed by atoms with Crippen LogP contribution in [0.25, 0.3) is 0 Å². The van der Waals surface area contributed by atoms with Crippen LogP contribution in [-0.2, 0) is 6.42 Å². The van der Waals surface area contributed by atoms with Crippen molar-refractivity contribution in [3.63, 3.8) is 0 Å². The second-order valence-corrected chi connectivity index (χ2v) is 6.13. The zero-order chi connectivity index (χ0) is 13.2. The molecule has 1 aliphatic carbocycles. The third kappa shape index (κ3) is 2.47. The molecular formula is C15H13ClN2S. The molecule has 1 N–H and O–H groups in total. The van der Waals surface area contributed by atoms with Crippen molar-refractivity contribution in [2.24, 2.45) is 0 Å². The highest BCUT2D eigenvalue weighted by Gasteiger charge is 2.21. The number of nitrogens with zero attached hydrogens (tertiary/aromatic N) is 1. The molecule has 1 atom stereocenters. The molecule has 0 bridgehead atoms. The van der Waals surface area contributed by atoms with Gasteiger partial charge in [0.1, 0.15) is 6.07 Å². The standard InChI is InChI=1S/C15H13ClN2S/c16-11-5-4-10(9-17)14(8-11)18-13-2-1-3-15-12(13)6-7-19-15/h4-8,13,18H,1-3H2. The van der Waals surface area contributed by atoms with E-state index < -0.39 is 0 Å². The van der Waals surface area contributed by atoms with Crippen molar-refractivity contribution in [2.75, 3.05) is 5.32 Å². The van der Waals surface area contributed by atoms with E-state index in [4.69, 9.17) is 16.9 Å². The summed E-state index contributed by atoms with van der Waals surface area (Å²) in [6, 6.07) is 10.0. The van der Waals surface area contributed by atoms with Crippen LogP contribution in [0.15, 0.2) is 29.6 Å². The maximum atomic E-state index is 9.16. The number of halogens is 1. The van der Waals surface area contributed by atoms with E-state index in [1.807, 2.05) is 17.4 Å². The number of fused-ring (bicyclic) bond motifs is 1. The molecule has 19 heavy (non-hydrogen) atoms. The first-order valence-electron chi connectivity index (χ1n) is 6.30. The van der Waals surface area contributed by atoms with Crippen molar-refractivity contribution in [3.8, 4) is 6.07 Å². The van der Waals surface area contributed by atoms with Gasteiger partial charge in [-0.2, -0.15) is 5.26 Å². The topological polar surface area (TPSA) is 35.8 Å². The van der Waals surface area contributed by atoms with E-state index in [1.54, 1.807) is 12.1 Å². The Morgan fingerprint density at radius 3 is 3.11 bits per heavy atom. The molecule has 1 unspecified atom stereocenters. The molecule has 3 rings (SSSR count). The van der Waals surface area contributed by atoms with Gasteiger partial charge < -0.3 is 5.32 Å². The third-order valence-electron chi connectivity index (χ3n) is 3.48. The minimum Gasteiger partial charge on any atom is -0.377 e. The van der Waals surface area contributed by atoms with Gasteiger partial charge in [-0.15, -0.1) is 11.3 Å². The highest BCUT2D eigenvalue weighted by atomic mass is 35.5. The van der Waals surface area contributed by atoms with E-state index in [0.717, 1.165) is 12.1 Å². The number of hydrogen-bond donors (Lipinski definition) is 1. The van der Waals surface area contributed by atoms with E-state index in [2.05, 4.69) is 22.8 Å². The van der Waals surface area contributed by atoms with Gasteiger partial charge in [-0.1, -0.05) is 11.6 Å². The lowest BCUT2D eigenvalue weighted by atomic mass is 9.93. The Morgan fingerprint density at radius 2 is 2.26 bits per heavy atom. The van der Waals surface area contributed by atoms with E-state index >= 15 is 0 Å². The Morgan fingerprint density at radius 1 is 1.37 bits per heavy atom.